The molecule has 2 fully saturated rings. The van der Waals surface area contributed by atoms with Crippen LogP contribution in [-0.2, 0) is 4.74 Å². The lowest BCUT2D eigenvalue weighted by atomic mass is 10.0. The summed E-state index contributed by atoms with van der Waals surface area (Å²) in [6.45, 7) is 3.25. The Bertz CT molecular complexity index is 545. The van der Waals surface area contributed by atoms with Crippen LogP contribution in [0.2, 0.25) is 0 Å². The molecule has 0 saturated heterocycles. The number of anilines is 2. The van der Waals surface area contributed by atoms with E-state index in [0.717, 1.165) is 17.1 Å². The third-order valence-electron chi connectivity index (χ3n) is 4.70. The predicted molar refractivity (Wildman–Crippen MR) is 87.1 cm³/mol. The average Bonchev–Trinajstić information content (AvgIpc) is 3.38. The van der Waals surface area contributed by atoms with E-state index in [-0.39, 0.29) is 5.97 Å². The van der Waals surface area contributed by atoms with Crippen molar-refractivity contribution < 1.29 is 9.53 Å². The second-order valence-electron chi connectivity index (χ2n) is 6.46. The number of hydrogen-bond acceptors (Lipinski definition) is 5. The van der Waals surface area contributed by atoms with Crippen molar-refractivity contribution in [3.63, 3.8) is 0 Å². The maximum atomic E-state index is 11.8. The Morgan fingerprint density at radius 3 is 2.71 bits per heavy atom. The summed E-state index contributed by atoms with van der Waals surface area (Å²) in [4.78, 5) is 12.4. The molecule has 0 unspecified atom stereocenters. The zero-order valence-electron chi connectivity index (χ0n) is 12.8. The molecule has 0 spiro atoms. The summed E-state index contributed by atoms with van der Waals surface area (Å²) < 4.78 is 4.85. The lowest BCUT2D eigenvalue weighted by molar-refractivity contribution is 0.0607. The van der Waals surface area contributed by atoms with Crippen molar-refractivity contribution in [2.75, 3.05) is 24.7 Å². The van der Waals surface area contributed by atoms with E-state index in [1.165, 1.54) is 57.0 Å². The fourth-order valence-electron chi connectivity index (χ4n) is 3.10. The van der Waals surface area contributed by atoms with Gasteiger partial charge >= 0.3 is 5.97 Å². The smallest absolute Gasteiger partial charge is 0.350 e. The number of ether oxygens (including phenoxy) is 1. The van der Waals surface area contributed by atoms with Gasteiger partial charge in [-0.15, -0.1) is 11.3 Å². The number of hydrogen-bond donors (Lipinski definition) is 2. The van der Waals surface area contributed by atoms with Crippen LogP contribution < -0.4 is 11.1 Å². The molecule has 0 aromatic carbocycles. The van der Waals surface area contributed by atoms with Gasteiger partial charge < -0.3 is 15.8 Å². The second-order valence-corrected chi connectivity index (χ2v) is 7.48. The first-order valence-corrected chi connectivity index (χ1v) is 8.66. The van der Waals surface area contributed by atoms with Crippen LogP contribution in [0.3, 0.4) is 0 Å². The highest BCUT2D eigenvalue weighted by Gasteiger charge is 2.42. The molecule has 2 aliphatic carbocycles. The van der Waals surface area contributed by atoms with Gasteiger partial charge in [-0.05, 0) is 43.4 Å². The van der Waals surface area contributed by atoms with Gasteiger partial charge in [0.2, 0.25) is 0 Å². The molecule has 2 aliphatic rings. The second kappa shape index (κ2) is 5.52. The summed E-state index contributed by atoms with van der Waals surface area (Å²) in [5.74, 6) is 0.214. The summed E-state index contributed by atoms with van der Waals surface area (Å²) in [6.07, 6.45) is 7.50. The first kappa shape index (κ1) is 14.7. The molecular weight excluding hydrogens is 284 g/mol. The summed E-state index contributed by atoms with van der Waals surface area (Å²) in [6, 6.07) is 0. The van der Waals surface area contributed by atoms with Crippen LogP contribution in [-0.4, -0.2) is 19.6 Å². The van der Waals surface area contributed by atoms with E-state index in [0.29, 0.717) is 21.9 Å². The molecule has 3 rings (SSSR count). The molecule has 1 heterocycles. The number of nitrogens with two attached hydrogens (primary N) is 1. The minimum Gasteiger partial charge on any atom is -0.465 e. The quantitative estimate of drug-likeness (QED) is 0.748. The van der Waals surface area contributed by atoms with E-state index < -0.39 is 0 Å². The molecule has 0 bridgehead atoms. The first-order chi connectivity index (χ1) is 10.1. The molecule has 1 aromatic heterocycles. The Balaban J connectivity index is 1.79. The van der Waals surface area contributed by atoms with E-state index in [1.807, 2.05) is 0 Å². The number of rotatable bonds is 7. The molecule has 21 heavy (non-hydrogen) atoms. The minimum absolute atomic E-state index is 0.317. The molecular formula is C16H24N2O2S. The Labute approximate surface area is 130 Å². The fourth-order valence-corrected chi connectivity index (χ4v) is 4.22. The molecule has 116 valence electrons. The molecule has 0 radical (unpaired) electrons. The van der Waals surface area contributed by atoms with Gasteiger partial charge in [-0.25, -0.2) is 4.79 Å². The van der Waals surface area contributed by atoms with Gasteiger partial charge in [0.25, 0.3) is 0 Å². The first-order valence-electron chi connectivity index (χ1n) is 7.84. The highest BCUT2D eigenvalue weighted by molar-refractivity contribution is 7.18. The SMILES string of the molecule is CCCC1(CNc2sc(C(=O)OC)c(N)c2C2CC2)CC1. The van der Waals surface area contributed by atoms with E-state index in [4.69, 9.17) is 10.5 Å². The maximum absolute atomic E-state index is 11.8. The van der Waals surface area contributed by atoms with Crippen molar-refractivity contribution in [3.8, 4) is 0 Å². The maximum Gasteiger partial charge on any atom is 0.350 e. The van der Waals surface area contributed by atoms with Crippen LogP contribution in [0.5, 0.6) is 0 Å². The van der Waals surface area contributed by atoms with E-state index in [2.05, 4.69) is 12.2 Å². The van der Waals surface area contributed by atoms with Gasteiger partial charge in [0.05, 0.1) is 17.8 Å². The number of carbonyl (C=O) groups is 1. The number of thiophene rings is 1. The van der Waals surface area contributed by atoms with Crippen LogP contribution >= 0.6 is 11.3 Å². The Morgan fingerprint density at radius 2 is 2.19 bits per heavy atom. The van der Waals surface area contributed by atoms with E-state index >= 15 is 0 Å². The number of esters is 1. The number of carbonyl (C=O) groups excluding carboxylic acids is 1. The van der Waals surface area contributed by atoms with Crippen molar-refractivity contribution in [1.82, 2.24) is 0 Å². The Morgan fingerprint density at radius 1 is 1.48 bits per heavy atom. The largest absolute Gasteiger partial charge is 0.465 e. The normalized spacial score (nSPS) is 19.3. The third-order valence-corrected chi connectivity index (χ3v) is 5.86. The topological polar surface area (TPSA) is 64.3 Å². The summed E-state index contributed by atoms with van der Waals surface area (Å²) in [7, 11) is 1.41. The molecule has 1 aromatic rings. The zero-order valence-corrected chi connectivity index (χ0v) is 13.6. The van der Waals surface area contributed by atoms with E-state index in [1.54, 1.807) is 0 Å². The van der Waals surface area contributed by atoms with Crippen molar-refractivity contribution in [3.05, 3.63) is 10.4 Å². The Kier molecular flexibility index (Phi) is 3.86. The van der Waals surface area contributed by atoms with Crippen LogP contribution in [0.15, 0.2) is 0 Å². The van der Waals surface area contributed by atoms with Crippen LogP contribution in [0.1, 0.15) is 66.6 Å². The Hall–Kier alpha value is -1.23. The molecule has 3 N–H and O–H groups in total. The fraction of sp³-hybridized carbons (Fsp3) is 0.688. The lowest BCUT2D eigenvalue weighted by Crippen LogP contribution is -2.15. The molecule has 5 heteroatoms. The van der Waals surface area contributed by atoms with Crippen LogP contribution in [0.4, 0.5) is 10.7 Å². The minimum atomic E-state index is -0.317. The van der Waals surface area contributed by atoms with Crippen LogP contribution in [0.25, 0.3) is 0 Å². The van der Waals surface area contributed by atoms with Gasteiger partial charge in [-0.3, -0.25) is 0 Å². The predicted octanol–water partition coefficient (Wildman–Crippen LogP) is 3.99. The highest BCUT2D eigenvalue weighted by Crippen LogP contribution is 2.53. The lowest BCUT2D eigenvalue weighted by Gasteiger charge is -2.16. The summed E-state index contributed by atoms with van der Waals surface area (Å²) >= 11 is 1.46. The van der Waals surface area contributed by atoms with Gasteiger partial charge in [0.1, 0.15) is 4.88 Å². The van der Waals surface area contributed by atoms with Crippen LogP contribution in [0, 0.1) is 5.41 Å². The third kappa shape index (κ3) is 2.89. The molecule has 0 atom stereocenters. The van der Waals surface area contributed by atoms with Crippen molar-refractivity contribution in [1.29, 1.82) is 0 Å². The molecule has 0 amide bonds. The highest BCUT2D eigenvalue weighted by atomic mass is 32.1. The van der Waals surface area contributed by atoms with Gasteiger partial charge in [-0.1, -0.05) is 13.3 Å². The van der Waals surface area contributed by atoms with Crippen molar-refractivity contribution in [2.24, 2.45) is 5.41 Å². The molecule has 0 aliphatic heterocycles. The number of nitrogen functional groups attached to an aromatic ring is 1. The van der Waals surface area contributed by atoms with E-state index in [9.17, 15) is 4.79 Å². The van der Waals surface area contributed by atoms with Gasteiger partial charge in [0.15, 0.2) is 0 Å². The van der Waals surface area contributed by atoms with Gasteiger partial charge in [0, 0.05) is 12.1 Å². The number of nitrogens with one attached hydrogen (secondary N) is 1. The van der Waals surface area contributed by atoms with Gasteiger partial charge in [-0.2, -0.15) is 0 Å². The summed E-state index contributed by atoms with van der Waals surface area (Å²) in [5.41, 5.74) is 8.49. The standard InChI is InChI=1S/C16H24N2O2S/c1-3-6-16(7-8-16)9-18-14-11(10-4-5-10)12(17)13(21-14)15(19)20-2/h10,18H,3-9,17H2,1-2H3. The number of methoxy groups -OCH3 is 1. The summed E-state index contributed by atoms with van der Waals surface area (Å²) in [5, 5.41) is 4.69. The molecule has 4 nitrogen and oxygen atoms in total. The molecule has 2 saturated carbocycles. The van der Waals surface area contributed by atoms with Crippen molar-refractivity contribution >= 4 is 28.0 Å². The van der Waals surface area contributed by atoms with Crippen molar-refractivity contribution in [2.45, 2.75) is 51.4 Å². The zero-order chi connectivity index (χ0) is 15.0. The average molecular weight is 308 g/mol. The monoisotopic (exact) mass is 308 g/mol.